The molecule has 0 spiro atoms. The zero-order chi connectivity index (χ0) is 20.4. The maximum absolute atomic E-state index is 12.7. The smallest absolute Gasteiger partial charge is 0.312 e. The van der Waals surface area contributed by atoms with Crippen molar-refractivity contribution < 1.29 is 19.1 Å². The average Bonchev–Trinajstić information content (AvgIpc) is 2.49. The second-order valence-corrected chi connectivity index (χ2v) is 9.64. The van der Waals surface area contributed by atoms with Crippen molar-refractivity contribution >= 4 is 11.9 Å². The Morgan fingerprint density at radius 2 is 0.920 bits per heavy atom. The van der Waals surface area contributed by atoms with Crippen LogP contribution in [0.15, 0.2) is 0 Å². The van der Waals surface area contributed by atoms with Crippen LogP contribution in [0.3, 0.4) is 0 Å². The third-order valence-corrected chi connectivity index (χ3v) is 7.22. The van der Waals surface area contributed by atoms with Crippen molar-refractivity contribution in [2.75, 3.05) is 14.2 Å². The van der Waals surface area contributed by atoms with Gasteiger partial charge in [0.05, 0.1) is 25.0 Å². The Kier molecular flexibility index (Phi) is 7.35. The predicted molar refractivity (Wildman–Crippen MR) is 102 cm³/mol. The quantitative estimate of drug-likeness (QED) is 0.568. The lowest BCUT2D eigenvalue weighted by atomic mass is 9.50. The van der Waals surface area contributed by atoms with Gasteiger partial charge in [-0.25, -0.2) is 0 Å². The molecule has 2 atom stereocenters. The van der Waals surface area contributed by atoms with E-state index < -0.39 is 10.8 Å². The third kappa shape index (κ3) is 3.88. The zero-order valence-corrected chi connectivity index (χ0v) is 18.5. The molecule has 0 N–H and O–H groups in total. The summed E-state index contributed by atoms with van der Waals surface area (Å²) in [6, 6.07) is 0. The summed E-state index contributed by atoms with van der Waals surface area (Å²) in [7, 11) is 2.88. The molecule has 4 nitrogen and oxygen atoms in total. The molecule has 0 rings (SSSR count). The van der Waals surface area contributed by atoms with Crippen molar-refractivity contribution in [1.29, 1.82) is 0 Å². The summed E-state index contributed by atoms with van der Waals surface area (Å²) >= 11 is 0. The molecule has 2 unspecified atom stereocenters. The molecule has 0 bridgehead atoms. The second kappa shape index (κ2) is 7.67. The Hall–Kier alpha value is -1.06. The molecule has 0 aliphatic carbocycles. The zero-order valence-electron chi connectivity index (χ0n) is 18.5. The molecule has 0 saturated heterocycles. The fraction of sp³-hybridized carbons (Fsp3) is 0.905. The van der Waals surface area contributed by atoms with Crippen LogP contribution in [0.25, 0.3) is 0 Å². The van der Waals surface area contributed by atoms with Crippen molar-refractivity contribution in [2.45, 2.75) is 75.7 Å². The van der Waals surface area contributed by atoms with Gasteiger partial charge in [0, 0.05) is 0 Å². The van der Waals surface area contributed by atoms with Crippen LogP contribution < -0.4 is 0 Å². The first-order valence-electron chi connectivity index (χ1n) is 9.23. The molecule has 25 heavy (non-hydrogen) atoms. The van der Waals surface area contributed by atoms with E-state index in [-0.39, 0.29) is 34.6 Å². The largest absolute Gasteiger partial charge is 0.469 e. The van der Waals surface area contributed by atoms with Gasteiger partial charge in [-0.1, -0.05) is 55.4 Å². The summed E-state index contributed by atoms with van der Waals surface area (Å²) < 4.78 is 10.3. The summed E-state index contributed by atoms with van der Waals surface area (Å²) in [6.45, 7) is 20.6. The van der Waals surface area contributed by atoms with Gasteiger partial charge in [-0.3, -0.25) is 9.59 Å². The van der Waals surface area contributed by atoms with E-state index in [0.29, 0.717) is 6.42 Å². The molecule has 0 saturated carbocycles. The standard InChI is InChI=1S/C21H40O4/c1-14(2)20(9,16(22)24-11)18(5,6)13-19(7,8)21(10,15(3)4)17(23)25-12/h14-15H,13H2,1-12H3. The molecular weight excluding hydrogens is 316 g/mol. The van der Waals surface area contributed by atoms with Gasteiger partial charge in [-0.15, -0.1) is 0 Å². The number of ether oxygens (including phenoxy) is 2. The van der Waals surface area contributed by atoms with Gasteiger partial charge >= 0.3 is 11.9 Å². The van der Waals surface area contributed by atoms with Crippen LogP contribution in [0.2, 0.25) is 0 Å². The molecule has 0 heterocycles. The third-order valence-electron chi connectivity index (χ3n) is 7.22. The molecule has 0 aromatic heterocycles. The minimum absolute atomic E-state index is 0.106. The lowest BCUT2D eigenvalue weighted by Gasteiger charge is -2.53. The lowest BCUT2D eigenvalue weighted by Crippen LogP contribution is -2.53. The van der Waals surface area contributed by atoms with Gasteiger partial charge in [0.1, 0.15) is 0 Å². The molecule has 4 heteroatoms. The molecule has 0 aromatic carbocycles. The Morgan fingerprint density at radius 3 is 1.08 bits per heavy atom. The minimum atomic E-state index is -0.660. The van der Waals surface area contributed by atoms with E-state index in [9.17, 15) is 9.59 Å². The van der Waals surface area contributed by atoms with E-state index in [1.807, 2.05) is 41.5 Å². The highest BCUT2D eigenvalue weighted by atomic mass is 16.5. The molecule has 0 amide bonds. The summed E-state index contributed by atoms with van der Waals surface area (Å²) in [6.07, 6.45) is 0.688. The molecule has 0 aliphatic rings. The Labute approximate surface area is 155 Å². The number of hydrogen-bond acceptors (Lipinski definition) is 4. The van der Waals surface area contributed by atoms with Crippen molar-refractivity contribution in [1.82, 2.24) is 0 Å². The summed E-state index contributed by atoms with van der Waals surface area (Å²) in [5.74, 6) is -0.191. The SMILES string of the molecule is COC(=O)C(C)(C(C)C)C(C)(C)CC(C)(C)C(C)(C(=O)OC)C(C)C. The average molecular weight is 357 g/mol. The Morgan fingerprint density at radius 1 is 0.680 bits per heavy atom. The van der Waals surface area contributed by atoms with E-state index in [4.69, 9.17) is 9.47 Å². The van der Waals surface area contributed by atoms with E-state index in [1.54, 1.807) is 0 Å². The number of carbonyl (C=O) groups excluding carboxylic acids is 2. The number of esters is 2. The van der Waals surface area contributed by atoms with Gasteiger partial charge in [0.15, 0.2) is 0 Å². The van der Waals surface area contributed by atoms with Crippen LogP contribution >= 0.6 is 0 Å². The maximum atomic E-state index is 12.7. The molecular formula is C21H40O4. The highest BCUT2D eigenvalue weighted by Gasteiger charge is 2.57. The van der Waals surface area contributed by atoms with Gasteiger partial charge in [0.25, 0.3) is 0 Å². The van der Waals surface area contributed by atoms with Gasteiger partial charge in [0.2, 0.25) is 0 Å². The van der Waals surface area contributed by atoms with Crippen molar-refractivity contribution in [3.63, 3.8) is 0 Å². The minimum Gasteiger partial charge on any atom is -0.469 e. The molecule has 0 aliphatic heterocycles. The van der Waals surface area contributed by atoms with Crippen molar-refractivity contribution in [3.05, 3.63) is 0 Å². The fourth-order valence-corrected chi connectivity index (χ4v) is 4.48. The Bertz CT molecular complexity index is 446. The summed E-state index contributed by atoms with van der Waals surface area (Å²) in [4.78, 5) is 25.3. The van der Waals surface area contributed by atoms with Crippen LogP contribution in [0.5, 0.6) is 0 Å². The van der Waals surface area contributed by atoms with Crippen LogP contribution in [-0.2, 0) is 19.1 Å². The van der Waals surface area contributed by atoms with Gasteiger partial charge in [-0.2, -0.15) is 0 Å². The first kappa shape index (κ1) is 23.9. The highest BCUT2D eigenvalue weighted by Crippen LogP contribution is 2.57. The van der Waals surface area contributed by atoms with Crippen LogP contribution in [-0.4, -0.2) is 26.2 Å². The molecule has 0 fully saturated rings. The molecule has 148 valence electrons. The predicted octanol–water partition coefficient (Wildman–Crippen LogP) is 5.10. The first-order chi connectivity index (χ1) is 11.1. The van der Waals surface area contributed by atoms with Crippen molar-refractivity contribution in [3.8, 4) is 0 Å². The summed E-state index contributed by atoms with van der Waals surface area (Å²) in [5, 5.41) is 0. The fourth-order valence-electron chi connectivity index (χ4n) is 4.48. The lowest BCUT2D eigenvalue weighted by molar-refractivity contribution is -0.174. The maximum Gasteiger partial charge on any atom is 0.312 e. The van der Waals surface area contributed by atoms with Crippen LogP contribution in [0, 0.1) is 33.5 Å². The first-order valence-corrected chi connectivity index (χ1v) is 9.23. The van der Waals surface area contributed by atoms with E-state index in [2.05, 4.69) is 27.7 Å². The van der Waals surface area contributed by atoms with Gasteiger partial charge in [-0.05, 0) is 42.9 Å². The monoisotopic (exact) mass is 356 g/mol. The molecule has 0 radical (unpaired) electrons. The van der Waals surface area contributed by atoms with E-state index in [0.717, 1.165) is 0 Å². The Balaban J connectivity index is 6.14. The van der Waals surface area contributed by atoms with Gasteiger partial charge < -0.3 is 9.47 Å². The van der Waals surface area contributed by atoms with Crippen molar-refractivity contribution in [2.24, 2.45) is 33.5 Å². The van der Waals surface area contributed by atoms with Crippen LogP contribution in [0.1, 0.15) is 75.7 Å². The van der Waals surface area contributed by atoms with E-state index in [1.165, 1.54) is 14.2 Å². The molecule has 0 aromatic rings. The summed E-state index contributed by atoms with van der Waals surface area (Å²) in [5.41, 5.74) is -2.07. The number of methoxy groups -OCH3 is 2. The highest BCUT2D eigenvalue weighted by molar-refractivity contribution is 5.78. The second-order valence-electron chi connectivity index (χ2n) is 9.64. The normalized spacial score (nSPS) is 17.8. The number of hydrogen-bond donors (Lipinski definition) is 0. The number of carbonyl (C=O) groups is 2. The topological polar surface area (TPSA) is 52.6 Å². The van der Waals surface area contributed by atoms with E-state index >= 15 is 0 Å². The van der Waals surface area contributed by atoms with Crippen LogP contribution in [0.4, 0.5) is 0 Å². The number of rotatable bonds is 8.